The molecule has 0 spiro atoms. The van der Waals surface area contributed by atoms with Gasteiger partial charge in [-0.1, -0.05) is 5.21 Å². The van der Waals surface area contributed by atoms with Gasteiger partial charge in [0.05, 0.1) is 18.1 Å². The summed E-state index contributed by atoms with van der Waals surface area (Å²) < 4.78 is 1.57. The van der Waals surface area contributed by atoms with Crippen LogP contribution in [0.3, 0.4) is 0 Å². The summed E-state index contributed by atoms with van der Waals surface area (Å²) in [5.41, 5.74) is 6.25. The van der Waals surface area contributed by atoms with Crippen LogP contribution in [0.15, 0.2) is 30.7 Å². The zero-order chi connectivity index (χ0) is 8.39. The second-order valence-corrected chi connectivity index (χ2v) is 2.30. The van der Waals surface area contributed by atoms with E-state index in [4.69, 9.17) is 5.73 Å². The highest BCUT2D eigenvalue weighted by Crippen LogP contribution is 2.03. The molecule has 0 amide bonds. The third-order valence-corrected chi connectivity index (χ3v) is 1.42. The number of aromatic nitrogens is 4. The highest BCUT2D eigenvalue weighted by Gasteiger charge is 1.97. The molecule has 2 aromatic rings. The summed E-state index contributed by atoms with van der Waals surface area (Å²) in [5, 5.41) is 7.44. The lowest BCUT2D eigenvalue weighted by atomic mass is 10.4. The van der Waals surface area contributed by atoms with E-state index in [1.165, 1.54) is 0 Å². The standard InChI is InChI=1S/C7H7N5/c8-7-5-12(11-10-7)6-2-1-3-9-4-6/h1-5H,8H2. The molecule has 0 atom stereocenters. The van der Waals surface area contributed by atoms with E-state index in [9.17, 15) is 0 Å². The predicted octanol–water partition coefficient (Wildman–Crippen LogP) is 0.244. The lowest BCUT2D eigenvalue weighted by Gasteiger charge is -1.95. The van der Waals surface area contributed by atoms with Crippen molar-refractivity contribution in [3.05, 3.63) is 30.7 Å². The minimum Gasteiger partial charge on any atom is -0.381 e. The van der Waals surface area contributed by atoms with E-state index < -0.39 is 0 Å². The summed E-state index contributed by atoms with van der Waals surface area (Å²) >= 11 is 0. The Bertz CT molecular complexity index is 366. The van der Waals surface area contributed by atoms with E-state index in [1.807, 2.05) is 12.1 Å². The second-order valence-electron chi connectivity index (χ2n) is 2.30. The van der Waals surface area contributed by atoms with Crippen molar-refractivity contribution >= 4 is 5.82 Å². The Kier molecular flexibility index (Phi) is 1.48. The summed E-state index contributed by atoms with van der Waals surface area (Å²) in [4.78, 5) is 3.94. The van der Waals surface area contributed by atoms with E-state index in [0.29, 0.717) is 5.82 Å². The third kappa shape index (κ3) is 1.12. The molecule has 0 radical (unpaired) electrons. The largest absolute Gasteiger partial charge is 0.381 e. The van der Waals surface area contributed by atoms with Gasteiger partial charge in [0.2, 0.25) is 0 Å². The molecule has 5 nitrogen and oxygen atoms in total. The molecule has 0 aliphatic rings. The summed E-state index contributed by atoms with van der Waals surface area (Å²) in [7, 11) is 0. The van der Waals surface area contributed by atoms with Crippen LogP contribution in [0, 0.1) is 0 Å². The molecule has 0 aliphatic heterocycles. The smallest absolute Gasteiger partial charge is 0.166 e. The number of nitrogens with two attached hydrogens (primary N) is 1. The van der Waals surface area contributed by atoms with Gasteiger partial charge in [0.15, 0.2) is 5.82 Å². The van der Waals surface area contributed by atoms with Gasteiger partial charge in [-0.05, 0) is 12.1 Å². The Morgan fingerprint density at radius 3 is 2.92 bits per heavy atom. The lowest BCUT2D eigenvalue weighted by molar-refractivity contribution is 0.800. The molecule has 0 bridgehead atoms. The average molecular weight is 161 g/mol. The van der Waals surface area contributed by atoms with E-state index in [0.717, 1.165) is 5.69 Å². The lowest BCUT2D eigenvalue weighted by Crippen LogP contribution is -1.94. The molecule has 2 heterocycles. The van der Waals surface area contributed by atoms with Crippen molar-refractivity contribution in [2.75, 3.05) is 5.73 Å². The van der Waals surface area contributed by atoms with Gasteiger partial charge in [0, 0.05) is 6.20 Å². The SMILES string of the molecule is Nc1cn(-c2cccnc2)nn1. The number of pyridine rings is 1. The number of nitrogen functional groups attached to an aromatic ring is 1. The predicted molar refractivity (Wildman–Crippen MR) is 43.6 cm³/mol. The van der Waals surface area contributed by atoms with Crippen LogP contribution in [-0.2, 0) is 0 Å². The Morgan fingerprint density at radius 2 is 2.33 bits per heavy atom. The van der Waals surface area contributed by atoms with Crippen molar-refractivity contribution < 1.29 is 0 Å². The molecular formula is C7H7N5. The van der Waals surface area contributed by atoms with E-state index in [1.54, 1.807) is 23.3 Å². The van der Waals surface area contributed by atoms with Gasteiger partial charge in [-0.3, -0.25) is 4.98 Å². The van der Waals surface area contributed by atoms with Crippen molar-refractivity contribution in [2.45, 2.75) is 0 Å². The second kappa shape index (κ2) is 2.61. The van der Waals surface area contributed by atoms with Crippen molar-refractivity contribution in [1.29, 1.82) is 0 Å². The summed E-state index contributed by atoms with van der Waals surface area (Å²) in [5.74, 6) is 0.402. The zero-order valence-electron chi connectivity index (χ0n) is 6.25. The zero-order valence-corrected chi connectivity index (χ0v) is 6.25. The van der Waals surface area contributed by atoms with Gasteiger partial charge in [0.25, 0.3) is 0 Å². The molecule has 2 aromatic heterocycles. The van der Waals surface area contributed by atoms with Gasteiger partial charge in [-0.15, -0.1) is 5.10 Å². The topological polar surface area (TPSA) is 69.6 Å². The van der Waals surface area contributed by atoms with Gasteiger partial charge in [-0.25, -0.2) is 4.68 Å². The number of rotatable bonds is 1. The molecular weight excluding hydrogens is 154 g/mol. The number of hydrogen-bond acceptors (Lipinski definition) is 4. The Morgan fingerprint density at radius 1 is 1.42 bits per heavy atom. The molecule has 0 unspecified atom stereocenters. The number of nitrogens with zero attached hydrogens (tertiary/aromatic N) is 4. The van der Waals surface area contributed by atoms with Crippen molar-refractivity contribution in [2.24, 2.45) is 0 Å². The maximum atomic E-state index is 5.40. The summed E-state index contributed by atoms with van der Waals surface area (Å²) in [6, 6.07) is 3.70. The monoisotopic (exact) mass is 161 g/mol. The van der Waals surface area contributed by atoms with Crippen LogP contribution in [0.5, 0.6) is 0 Å². The number of hydrogen-bond donors (Lipinski definition) is 1. The fourth-order valence-corrected chi connectivity index (χ4v) is 0.892. The molecule has 0 fully saturated rings. The van der Waals surface area contributed by atoms with Crippen LogP contribution in [0.1, 0.15) is 0 Å². The molecule has 5 heteroatoms. The highest BCUT2D eigenvalue weighted by molar-refractivity contribution is 5.30. The summed E-state index contributed by atoms with van der Waals surface area (Å²) in [6.07, 6.45) is 5.02. The first-order valence-electron chi connectivity index (χ1n) is 3.44. The molecule has 0 saturated heterocycles. The van der Waals surface area contributed by atoms with Crippen molar-refractivity contribution in [3.8, 4) is 5.69 Å². The molecule has 0 aliphatic carbocycles. The quantitative estimate of drug-likeness (QED) is 0.650. The normalized spacial score (nSPS) is 10.0. The maximum absolute atomic E-state index is 5.40. The van der Waals surface area contributed by atoms with E-state index in [2.05, 4.69) is 15.3 Å². The molecule has 2 N–H and O–H groups in total. The fraction of sp³-hybridized carbons (Fsp3) is 0. The molecule has 2 rings (SSSR count). The molecule has 0 aromatic carbocycles. The first-order chi connectivity index (χ1) is 5.86. The van der Waals surface area contributed by atoms with Crippen molar-refractivity contribution in [1.82, 2.24) is 20.0 Å². The maximum Gasteiger partial charge on any atom is 0.166 e. The highest BCUT2D eigenvalue weighted by atomic mass is 15.4. The average Bonchev–Trinajstić information content (AvgIpc) is 2.54. The van der Waals surface area contributed by atoms with Crippen LogP contribution < -0.4 is 5.73 Å². The molecule has 0 saturated carbocycles. The third-order valence-electron chi connectivity index (χ3n) is 1.42. The van der Waals surface area contributed by atoms with Crippen LogP contribution >= 0.6 is 0 Å². The minimum atomic E-state index is 0.402. The van der Waals surface area contributed by atoms with Crippen LogP contribution in [0.4, 0.5) is 5.82 Å². The van der Waals surface area contributed by atoms with Gasteiger partial charge < -0.3 is 5.73 Å². The van der Waals surface area contributed by atoms with Crippen LogP contribution in [0.2, 0.25) is 0 Å². The number of anilines is 1. The molecule has 12 heavy (non-hydrogen) atoms. The van der Waals surface area contributed by atoms with Crippen molar-refractivity contribution in [3.63, 3.8) is 0 Å². The van der Waals surface area contributed by atoms with Gasteiger partial charge in [0.1, 0.15) is 0 Å². The Balaban J connectivity index is 2.45. The first kappa shape index (κ1) is 6.78. The minimum absolute atomic E-state index is 0.402. The van der Waals surface area contributed by atoms with E-state index in [-0.39, 0.29) is 0 Å². The van der Waals surface area contributed by atoms with Crippen LogP contribution in [0.25, 0.3) is 5.69 Å². The summed E-state index contributed by atoms with van der Waals surface area (Å²) in [6.45, 7) is 0. The first-order valence-corrected chi connectivity index (χ1v) is 3.44. The van der Waals surface area contributed by atoms with Crippen LogP contribution in [-0.4, -0.2) is 20.0 Å². The Hall–Kier alpha value is -1.91. The molecule has 60 valence electrons. The van der Waals surface area contributed by atoms with Gasteiger partial charge in [-0.2, -0.15) is 0 Å². The van der Waals surface area contributed by atoms with Gasteiger partial charge >= 0.3 is 0 Å². The Labute approximate surface area is 68.8 Å². The fourth-order valence-electron chi connectivity index (χ4n) is 0.892. The van der Waals surface area contributed by atoms with E-state index >= 15 is 0 Å².